The highest BCUT2D eigenvalue weighted by Gasteiger charge is 1.94. The van der Waals surface area contributed by atoms with Gasteiger partial charge in [-0.1, -0.05) is 6.07 Å². The molecule has 0 aliphatic heterocycles. The molecule has 0 radical (unpaired) electrons. The lowest BCUT2D eigenvalue weighted by Crippen LogP contribution is -1.89. The SMILES string of the molecule is CCOc1ccc(N=Nc2cccc(N)c2)cc1. The van der Waals surface area contributed by atoms with Gasteiger partial charge in [0.2, 0.25) is 0 Å². The fourth-order valence-electron chi connectivity index (χ4n) is 1.48. The molecule has 0 aliphatic carbocycles. The third-order valence-electron chi connectivity index (χ3n) is 2.30. The molecule has 0 unspecified atom stereocenters. The van der Waals surface area contributed by atoms with Crippen molar-refractivity contribution in [2.75, 3.05) is 12.3 Å². The molecule has 0 amide bonds. The average Bonchev–Trinajstić information content (AvgIpc) is 2.38. The molecule has 0 spiro atoms. The van der Waals surface area contributed by atoms with Crippen molar-refractivity contribution in [3.63, 3.8) is 0 Å². The monoisotopic (exact) mass is 241 g/mol. The number of benzene rings is 2. The Morgan fingerprint density at radius 2 is 1.72 bits per heavy atom. The molecule has 0 fully saturated rings. The van der Waals surface area contributed by atoms with E-state index in [0.717, 1.165) is 17.1 Å². The van der Waals surface area contributed by atoms with Crippen LogP contribution >= 0.6 is 0 Å². The summed E-state index contributed by atoms with van der Waals surface area (Å²) in [6.07, 6.45) is 0. The summed E-state index contributed by atoms with van der Waals surface area (Å²) >= 11 is 0. The van der Waals surface area contributed by atoms with Crippen molar-refractivity contribution in [1.82, 2.24) is 0 Å². The van der Waals surface area contributed by atoms with Crippen LogP contribution in [-0.4, -0.2) is 6.61 Å². The zero-order valence-electron chi connectivity index (χ0n) is 10.2. The van der Waals surface area contributed by atoms with Crippen molar-refractivity contribution in [2.24, 2.45) is 10.2 Å². The summed E-state index contributed by atoms with van der Waals surface area (Å²) in [5.74, 6) is 0.834. The Bertz CT molecular complexity index is 535. The number of nitrogens with two attached hydrogens (primary N) is 1. The van der Waals surface area contributed by atoms with E-state index in [1.807, 2.05) is 49.4 Å². The Labute approximate surface area is 106 Å². The standard InChI is InChI=1S/C14H15N3O/c1-2-18-14-8-6-12(7-9-14)16-17-13-5-3-4-11(15)10-13/h3-10H,2,15H2,1H3. The molecule has 4 nitrogen and oxygen atoms in total. The molecule has 0 bridgehead atoms. The fourth-order valence-corrected chi connectivity index (χ4v) is 1.48. The first kappa shape index (κ1) is 12.1. The number of hydrogen-bond acceptors (Lipinski definition) is 4. The maximum absolute atomic E-state index is 5.66. The van der Waals surface area contributed by atoms with Gasteiger partial charge in [-0.3, -0.25) is 0 Å². The number of anilines is 1. The molecule has 0 heterocycles. The maximum Gasteiger partial charge on any atom is 0.119 e. The van der Waals surface area contributed by atoms with E-state index in [1.54, 1.807) is 6.07 Å². The Morgan fingerprint density at radius 3 is 2.39 bits per heavy atom. The zero-order valence-corrected chi connectivity index (χ0v) is 10.2. The van der Waals surface area contributed by atoms with E-state index < -0.39 is 0 Å². The van der Waals surface area contributed by atoms with E-state index in [1.165, 1.54) is 0 Å². The van der Waals surface area contributed by atoms with E-state index in [0.29, 0.717) is 12.3 Å². The molecule has 92 valence electrons. The summed E-state index contributed by atoms with van der Waals surface area (Å²) in [5.41, 5.74) is 7.86. The first-order valence-electron chi connectivity index (χ1n) is 5.78. The summed E-state index contributed by atoms with van der Waals surface area (Å²) in [6, 6.07) is 14.8. The van der Waals surface area contributed by atoms with Crippen molar-refractivity contribution < 1.29 is 4.74 Å². The van der Waals surface area contributed by atoms with Crippen LogP contribution in [0, 0.1) is 0 Å². The van der Waals surface area contributed by atoms with Gasteiger partial charge in [0.1, 0.15) is 5.75 Å². The van der Waals surface area contributed by atoms with Crippen molar-refractivity contribution in [3.8, 4) is 5.75 Å². The second kappa shape index (κ2) is 5.82. The fraction of sp³-hybridized carbons (Fsp3) is 0.143. The van der Waals surface area contributed by atoms with Crippen LogP contribution < -0.4 is 10.5 Å². The van der Waals surface area contributed by atoms with Gasteiger partial charge in [0.25, 0.3) is 0 Å². The first-order valence-corrected chi connectivity index (χ1v) is 5.78. The lowest BCUT2D eigenvalue weighted by molar-refractivity contribution is 0.340. The normalized spacial score (nSPS) is 10.7. The molecule has 2 rings (SSSR count). The summed E-state index contributed by atoms with van der Waals surface area (Å²) < 4.78 is 5.35. The predicted molar refractivity (Wildman–Crippen MR) is 72.6 cm³/mol. The molecule has 0 aromatic heterocycles. The van der Waals surface area contributed by atoms with Crippen molar-refractivity contribution >= 4 is 17.1 Å². The van der Waals surface area contributed by atoms with Gasteiger partial charge in [-0.05, 0) is 49.4 Å². The molecule has 0 saturated carbocycles. The van der Waals surface area contributed by atoms with Crippen molar-refractivity contribution in [1.29, 1.82) is 0 Å². The first-order chi connectivity index (χ1) is 8.78. The van der Waals surface area contributed by atoms with Gasteiger partial charge in [-0.2, -0.15) is 10.2 Å². The Morgan fingerprint density at radius 1 is 1.00 bits per heavy atom. The molecular weight excluding hydrogens is 226 g/mol. The van der Waals surface area contributed by atoms with Crippen LogP contribution in [0.4, 0.5) is 17.1 Å². The van der Waals surface area contributed by atoms with Gasteiger partial charge in [0, 0.05) is 5.69 Å². The topological polar surface area (TPSA) is 60.0 Å². The minimum atomic E-state index is 0.657. The third-order valence-corrected chi connectivity index (χ3v) is 2.30. The van der Waals surface area contributed by atoms with Crippen LogP contribution in [0.25, 0.3) is 0 Å². The van der Waals surface area contributed by atoms with E-state index in [-0.39, 0.29) is 0 Å². The van der Waals surface area contributed by atoms with Crippen molar-refractivity contribution in [2.45, 2.75) is 6.92 Å². The zero-order chi connectivity index (χ0) is 12.8. The number of ether oxygens (including phenoxy) is 1. The minimum Gasteiger partial charge on any atom is -0.494 e. The third kappa shape index (κ3) is 3.31. The van der Waals surface area contributed by atoms with Crippen LogP contribution in [0.15, 0.2) is 58.8 Å². The summed E-state index contributed by atoms with van der Waals surface area (Å²) in [4.78, 5) is 0. The molecule has 18 heavy (non-hydrogen) atoms. The van der Waals surface area contributed by atoms with Crippen molar-refractivity contribution in [3.05, 3.63) is 48.5 Å². The van der Waals surface area contributed by atoms with Crippen LogP contribution in [0.3, 0.4) is 0 Å². The largest absolute Gasteiger partial charge is 0.494 e. The minimum absolute atomic E-state index is 0.657. The van der Waals surface area contributed by atoms with Gasteiger partial charge < -0.3 is 10.5 Å². The second-order valence-corrected chi connectivity index (χ2v) is 3.72. The van der Waals surface area contributed by atoms with Gasteiger partial charge in [-0.25, -0.2) is 0 Å². The predicted octanol–water partition coefficient (Wildman–Crippen LogP) is 4.08. The second-order valence-electron chi connectivity index (χ2n) is 3.72. The number of rotatable bonds is 4. The van der Waals surface area contributed by atoms with Crippen LogP contribution in [0.5, 0.6) is 5.75 Å². The molecule has 0 atom stereocenters. The number of azo groups is 1. The molecule has 4 heteroatoms. The van der Waals surface area contributed by atoms with E-state index in [4.69, 9.17) is 10.5 Å². The Balaban J connectivity index is 2.09. The number of nitrogen functional groups attached to an aromatic ring is 1. The van der Waals surface area contributed by atoms with Crippen LogP contribution in [-0.2, 0) is 0 Å². The van der Waals surface area contributed by atoms with Crippen LogP contribution in [0.2, 0.25) is 0 Å². The highest BCUT2D eigenvalue weighted by atomic mass is 16.5. The Kier molecular flexibility index (Phi) is 3.91. The quantitative estimate of drug-likeness (QED) is 0.647. The molecule has 0 aliphatic rings. The van der Waals surface area contributed by atoms with E-state index in [2.05, 4.69) is 10.2 Å². The Hall–Kier alpha value is -2.36. The molecule has 2 aromatic rings. The van der Waals surface area contributed by atoms with Gasteiger partial charge in [-0.15, -0.1) is 0 Å². The van der Waals surface area contributed by atoms with Gasteiger partial charge in [0.15, 0.2) is 0 Å². The smallest absolute Gasteiger partial charge is 0.119 e. The summed E-state index contributed by atoms with van der Waals surface area (Å²) in [7, 11) is 0. The lowest BCUT2D eigenvalue weighted by Gasteiger charge is -2.01. The number of hydrogen-bond donors (Lipinski definition) is 1. The number of nitrogens with zero attached hydrogens (tertiary/aromatic N) is 2. The lowest BCUT2D eigenvalue weighted by atomic mass is 10.3. The molecule has 0 saturated heterocycles. The highest BCUT2D eigenvalue weighted by Crippen LogP contribution is 2.22. The van der Waals surface area contributed by atoms with Gasteiger partial charge >= 0.3 is 0 Å². The summed E-state index contributed by atoms with van der Waals surface area (Å²) in [5, 5.41) is 8.25. The van der Waals surface area contributed by atoms with Gasteiger partial charge in [0.05, 0.1) is 18.0 Å². The van der Waals surface area contributed by atoms with Crippen LogP contribution in [0.1, 0.15) is 6.92 Å². The average molecular weight is 241 g/mol. The molecule has 2 N–H and O–H groups in total. The molecular formula is C14H15N3O. The van der Waals surface area contributed by atoms with E-state index in [9.17, 15) is 0 Å². The molecule has 2 aromatic carbocycles. The maximum atomic E-state index is 5.66. The highest BCUT2D eigenvalue weighted by molar-refractivity contribution is 5.50. The summed E-state index contributed by atoms with van der Waals surface area (Å²) in [6.45, 7) is 2.61. The van der Waals surface area contributed by atoms with E-state index >= 15 is 0 Å².